The Labute approximate surface area is 131 Å². The van der Waals surface area contributed by atoms with Crippen molar-refractivity contribution in [2.45, 2.75) is 40.2 Å². The molecule has 0 fully saturated rings. The number of hydrogen-bond acceptors (Lipinski definition) is 4. The average molecular weight is 298 g/mol. The van der Waals surface area contributed by atoms with Crippen LogP contribution in [-0.2, 0) is 6.42 Å². The normalized spacial score (nSPS) is 10.6. The highest BCUT2D eigenvalue weighted by atomic mass is 16.1. The zero-order chi connectivity index (χ0) is 16.1. The molecule has 0 aliphatic carbocycles. The molecule has 0 unspecified atom stereocenters. The van der Waals surface area contributed by atoms with E-state index >= 15 is 0 Å². The minimum Gasteiger partial charge on any atom is -0.349 e. The number of anilines is 2. The zero-order valence-corrected chi connectivity index (χ0v) is 13.5. The van der Waals surface area contributed by atoms with E-state index < -0.39 is 0 Å². The smallest absolute Gasteiger partial charge is 0.270 e. The molecule has 0 aliphatic rings. The fourth-order valence-electron chi connectivity index (χ4n) is 2.06. The third-order valence-electron chi connectivity index (χ3n) is 3.12. The van der Waals surface area contributed by atoms with Gasteiger partial charge >= 0.3 is 0 Å². The lowest BCUT2D eigenvalue weighted by atomic mass is 10.1. The SMILES string of the molecule is CCc1ccc(Nc2cc(C(=O)NC(C)C)nc(C)n2)cc1. The number of benzene rings is 1. The molecule has 0 aliphatic heterocycles. The van der Waals surface area contributed by atoms with E-state index in [0.29, 0.717) is 17.3 Å². The van der Waals surface area contributed by atoms with Gasteiger partial charge in [0.15, 0.2) is 0 Å². The molecule has 0 spiro atoms. The topological polar surface area (TPSA) is 66.9 Å². The van der Waals surface area contributed by atoms with E-state index in [1.807, 2.05) is 26.0 Å². The molecule has 0 atom stereocenters. The molecule has 1 aromatic carbocycles. The quantitative estimate of drug-likeness (QED) is 0.889. The molecule has 1 aromatic heterocycles. The van der Waals surface area contributed by atoms with Crippen molar-refractivity contribution in [3.05, 3.63) is 47.4 Å². The highest BCUT2D eigenvalue weighted by Crippen LogP contribution is 2.16. The van der Waals surface area contributed by atoms with Gasteiger partial charge in [0.25, 0.3) is 5.91 Å². The van der Waals surface area contributed by atoms with Crippen LogP contribution in [-0.4, -0.2) is 21.9 Å². The molecule has 116 valence electrons. The van der Waals surface area contributed by atoms with Crippen molar-refractivity contribution in [3.63, 3.8) is 0 Å². The molecular weight excluding hydrogens is 276 g/mol. The Balaban J connectivity index is 2.20. The first kappa shape index (κ1) is 15.9. The number of hydrogen-bond donors (Lipinski definition) is 2. The number of carbonyl (C=O) groups excluding carboxylic acids is 1. The molecule has 2 rings (SSSR count). The van der Waals surface area contributed by atoms with Crippen LogP contribution in [0.25, 0.3) is 0 Å². The third kappa shape index (κ3) is 4.28. The number of nitrogens with zero attached hydrogens (tertiary/aromatic N) is 2. The van der Waals surface area contributed by atoms with Gasteiger partial charge in [-0.15, -0.1) is 0 Å². The highest BCUT2D eigenvalue weighted by molar-refractivity contribution is 5.93. The number of aromatic nitrogens is 2. The monoisotopic (exact) mass is 298 g/mol. The minimum absolute atomic E-state index is 0.0702. The van der Waals surface area contributed by atoms with Crippen LogP contribution in [0.3, 0.4) is 0 Å². The predicted octanol–water partition coefficient (Wildman–Crippen LogP) is 3.23. The summed E-state index contributed by atoms with van der Waals surface area (Å²) < 4.78 is 0. The van der Waals surface area contributed by atoms with Crippen LogP contribution in [0, 0.1) is 6.92 Å². The zero-order valence-electron chi connectivity index (χ0n) is 13.5. The van der Waals surface area contributed by atoms with Crippen molar-refractivity contribution in [2.75, 3.05) is 5.32 Å². The van der Waals surface area contributed by atoms with Crippen molar-refractivity contribution in [3.8, 4) is 0 Å². The molecule has 5 heteroatoms. The molecule has 0 bridgehead atoms. The van der Waals surface area contributed by atoms with Crippen molar-refractivity contribution in [1.82, 2.24) is 15.3 Å². The maximum atomic E-state index is 12.1. The number of aryl methyl sites for hydroxylation is 2. The molecule has 0 radical (unpaired) electrons. The standard InChI is InChI=1S/C17H22N4O/c1-5-13-6-8-14(9-7-13)21-16-10-15(19-12(4)20-16)17(22)18-11(2)3/h6-11H,5H2,1-4H3,(H,18,22)(H,19,20,21). The maximum absolute atomic E-state index is 12.1. The van der Waals surface area contributed by atoms with Gasteiger partial charge in [0.1, 0.15) is 17.3 Å². The molecule has 2 N–H and O–H groups in total. The Morgan fingerprint density at radius 2 is 1.86 bits per heavy atom. The van der Waals surface area contributed by atoms with Gasteiger partial charge < -0.3 is 10.6 Å². The van der Waals surface area contributed by atoms with Crippen LogP contribution in [0.4, 0.5) is 11.5 Å². The Morgan fingerprint density at radius 1 is 1.18 bits per heavy atom. The van der Waals surface area contributed by atoms with Gasteiger partial charge in [0.2, 0.25) is 0 Å². The lowest BCUT2D eigenvalue weighted by Gasteiger charge is -2.11. The molecule has 5 nitrogen and oxygen atoms in total. The lowest BCUT2D eigenvalue weighted by Crippen LogP contribution is -2.31. The second kappa shape index (κ2) is 7.02. The third-order valence-corrected chi connectivity index (χ3v) is 3.12. The van der Waals surface area contributed by atoms with Gasteiger partial charge in [-0.3, -0.25) is 4.79 Å². The van der Waals surface area contributed by atoms with Crippen molar-refractivity contribution in [2.24, 2.45) is 0 Å². The molecule has 2 aromatic rings. The van der Waals surface area contributed by atoms with Gasteiger partial charge in [0, 0.05) is 17.8 Å². The van der Waals surface area contributed by atoms with Gasteiger partial charge in [0.05, 0.1) is 0 Å². The summed E-state index contributed by atoms with van der Waals surface area (Å²) in [5.74, 6) is 0.986. The van der Waals surface area contributed by atoms with Crippen LogP contribution in [0.5, 0.6) is 0 Å². The maximum Gasteiger partial charge on any atom is 0.270 e. The summed E-state index contributed by atoms with van der Waals surface area (Å²) in [5, 5.41) is 6.05. The molecule has 0 saturated carbocycles. The van der Waals surface area contributed by atoms with E-state index in [9.17, 15) is 4.79 Å². The number of carbonyl (C=O) groups is 1. The summed E-state index contributed by atoms with van der Waals surface area (Å²) in [5.41, 5.74) is 2.58. The van der Waals surface area contributed by atoms with Gasteiger partial charge in [-0.1, -0.05) is 19.1 Å². The predicted molar refractivity (Wildman–Crippen MR) is 88.5 cm³/mol. The fraction of sp³-hybridized carbons (Fsp3) is 0.353. The van der Waals surface area contributed by atoms with E-state index in [1.165, 1.54) is 5.56 Å². The van der Waals surface area contributed by atoms with Gasteiger partial charge in [-0.05, 0) is 44.9 Å². The second-order valence-corrected chi connectivity index (χ2v) is 5.49. The van der Waals surface area contributed by atoms with Gasteiger partial charge in [-0.25, -0.2) is 9.97 Å². The lowest BCUT2D eigenvalue weighted by molar-refractivity contribution is 0.0937. The first-order valence-electron chi connectivity index (χ1n) is 7.50. The van der Waals surface area contributed by atoms with E-state index in [0.717, 1.165) is 12.1 Å². The van der Waals surface area contributed by atoms with Crippen LogP contribution in [0.1, 0.15) is 42.6 Å². The summed E-state index contributed by atoms with van der Waals surface area (Å²) in [7, 11) is 0. The largest absolute Gasteiger partial charge is 0.349 e. The molecule has 1 heterocycles. The number of rotatable bonds is 5. The molecule has 0 saturated heterocycles. The summed E-state index contributed by atoms with van der Waals surface area (Å²) >= 11 is 0. The molecular formula is C17H22N4O. The van der Waals surface area contributed by atoms with Gasteiger partial charge in [-0.2, -0.15) is 0 Å². The van der Waals surface area contributed by atoms with Crippen LogP contribution >= 0.6 is 0 Å². The minimum atomic E-state index is -0.190. The van der Waals surface area contributed by atoms with Crippen molar-refractivity contribution in [1.29, 1.82) is 0 Å². The Kier molecular flexibility index (Phi) is 5.09. The number of nitrogens with one attached hydrogen (secondary N) is 2. The summed E-state index contributed by atoms with van der Waals surface area (Å²) in [6.07, 6.45) is 1.01. The Morgan fingerprint density at radius 3 is 2.45 bits per heavy atom. The number of amides is 1. The van der Waals surface area contributed by atoms with Crippen LogP contribution in [0.15, 0.2) is 30.3 Å². The van der Waals surface area contributed by atoms with E-state index in [1.54, 1.807) is 13.0 Å². The van der Waals surface area contributed by atoms with E-state index in [-0.39, 0.29) is 11.9 Å². The van der Waals surface area contributed by atoms with E-state index in [4.69, 9.17) is 0 Å². The summed E-state index contributed by atoms with van der Waals surface area (Å²) in [6.45, 7) is 7.73. The molecule has 22 heavy (non-hydrogen) atoms. The summed E-state index contributed by atoms with van der Waals surface area (Å²) in [4.78, 5) is 20.6. The van der Waals surface area contributed by atoms with Crippen molar-refractivity contribution >= 4 is 17.4 Å². The molecule has 1 amide bonds. The second-order valence-electron chi connectivity index (χ2n) is 5.49. The average Bonchev–Trinajstić information content (AvgIpc) is 2.46. The van der Waals surface area contributed by atoms with E-state index in [2.05, 4.69) is 39.7 Å². The highest BCUT2D eigenvalue weighted by Gasteiger charge is 2.11. The summed E-state index contributed by atoms with van der Waals surface area (Å²) in [6, 6.07) is 9.89. The Bertz CT molecular complexity index is 650. The van der Waals surface area contributed by atoms with Crippen LogP contribution < -0.4 is 10.6 Å². The van der Waals surface area contributed by atoms with Crippen molar-refractivity contribution < 1.29 is 4.79 Å². The first-order valence-corrected chi connectivity index (χ1v) is 7.50. The fourth-order valence-corrected chi connectivity index (χ4v) is 2.06. The Hall–Kier alpha value is -2.43. The first-order chi connectivity index (χ1) is 10.5. The van der Waals surface area contributed by atoms with Crippen LogP contribution in [0.2, 0.25) is 0 Å².